The smallest absolute Gasteiger partial charge is 0.252 e. The Balaban J connectivity index is 1.69. The van der Waals surface area contributed by atoms with Gasteiger partial charge in [-0.3, -0.25) is 4.79 Å². The summed E-state index contributed by atoms with van der Waals surface area (Å²) < 4.78 is 26.9. The van der Waals surface area contributed by atoms with Gasteiger partial charge in [-0.1, -0.05) is 12.1 Å². The maximum absolute atomic E-state index is 12.6. The molecule has 1 atom stereocenters. The minimum Gasteiger partial charge on any atom is -0.310 e. The molecule has 0 aromatic carbocycles. The Morgan fingerprint density at radius 2 is 2.21 bits per heavy atom. The van der Waals surface area contributed by atoms with Crippen LogP contribution in [-0.4, -0.2) is 36.7 Å². The average Bonchev–Trinajstić information content (AvgIpc) is 3.12. The molecule has 1 aliphatic heterocycles. The molecule has 128 valence electrons. The SMILES string of the molecule is Cc1ccc(NC(=O)C2CCCN(S(=O)(=O)c3cccs3)C2)nc1. The minimum atomic E-state index is -3.51. The Labute approximate surface area is 145 Å². The second-order valence-electron chi connectivity index (χ2n) is 5.84. The predicted molar refractivity (Wildman–Crippen MR) is 93.4 cm³/mol. The van der Waals surface area contributed by atoms with Gasteiger partial charge in [-0.25, -0.2) is 13.4 Å². The molecule has 1 fully saturated rings. The predicted octanol–water partition coefficient (Wildman–Crippen LogP) is 2.49. The van der Waals surface area contributed by atoms with Crippen LogP contribution in [0.2, 0.25) is 0 Å². The van der Waals surface area contributed by atoms with Crippen LogP contribution in [0.1, 0.15) is 18.4 Å². The summed E-state index contributed by atoms with van der Waals surface area (Å²) in [5, 5.41) is 4.52. The molecule has 2 aromatic heterocycles. The molecule has 0 bridgehead atoms. The van der Waals surface area contributed by atoms with Crippen molar-refractivity contribution in [2.45, 2.75) is 24.0 Å². The highest BCUT2D eigenvalue weighted by Gasteiger charge is 2.33. The number of aryl methyl sites for hydroxylation is 1. The number of rotatable bonds is 4. The highest BCUT2D eigenvalue weighted by molar-refractivity contribution is 7.91. The molecule has 3 rings (SSSR count). The van der Waals surface area contributed by atoms with Crippen LogP contribution < -0.4 is 5.32 Å². The van der Waals surface area contributed by atoms with Crippen LogP contribution in [0.3, 0.4) is 0 Å². The van der Waals surface area contributed by atoms with Crippen molar-refractivity contribution < 1.29 is 13.2 Å². The average molecular weight is 365 g/mol. The number of carbonyl (C=O) groups is 1. The largest absolute Gasteiger partial charge is 0.310 e. The molecule has 0 saturated carbocycles. The van der Waals surface area contributed by atoms with Gasteiger partial charge in [0.1, 0.15) is 10.0 Å². The van der Waals surface area contributed by atoms with Crippen molar-refractivity contribution in [1.82, 2.24) is 9.29 Å². The first kappa shape index (κ1) is 17.1. The number of carbonyl (C=O) groups excluding carboxylic acids is 1. The number of thiophene rings is 1. The fourth-order valence-electron chi connectivity index (χ4n) is 2.68. The quantitative estimate of drug-likeness (QED) is 0.903. The first-order chi connectivity index (χ1) is 11.5. The van der Waals surface area contributed by atoms with E-state index in [2.05, 4.69) is 10.3 Å². The maximum atomic E-state index is 12.6. The molecule has 8 heteroatoms. The molecule has 6 nitrogen and oxygen atoms in total. The van der Waals surface area contributed by atoms with Gasteiger partial charge < -0.3 is 5.32 Å². The van der Waals surface area contributed by atoms with Gasteiger partial charge in [-0.2, -0.15) is 4.31 Å². The first-order valence-electron chi connectivity index (χ1n) is 7.74. The second-order valence-corrected chi connectivity index (χ2v) is 8.96. The first-order valence-corrected chi connectivity index (χ1v) is 10.1. The Kier molecular flexibility index (Phi) is 4.98. The van der Waals surface area contributed by atoms with Gasteiger partial charge in [0.2, 0.25) is 5.91 Å². The topological polar surface area (TPSA) is 79.4 Å². The second kappa shape index (κ2) is 7.00. The van der Waals surface area contributed by atoms with Crippen molar-refractivity contribution in [3.05, 3.63) is 41.4 Å². The van der Waals surface area contributed by atoms with Crippen molar-refractivity contribution in [3.63, 3.8) is 0 Å². The van der Waals surface area contributed by atoms with Gasteiger partial charge in [0.25, 0.3) is 10.0 Å². The lowest BCUT2D eigenvalue weighted by molar-refractivity contribution is -0.120. The van der Waals surface area contributed by atoms with Crippen LogP contribution >= 0.6 is 11.3 Å². The van der Waals surface area contributed by atoms with E-state index in [-0.39, 0.29) is 18.4 Å². The van der Waals surface area contributed by atoms with E-state index >= 15 is 0 Å². The lowest BCUT2D eigenvalue weighted by Gasteiger charge is -2.30. The van der Waals surface area contributed by atoms with Gasteiger partial charge >= 0.3 is 0 Å². The number of nitrogens with zero attached hydrogens (tertiary/aromatic N) is 2. The number of anilines is 1. The van der Waals surface area contributed by atoms with Gasteiger partial charge in [0.05, 0.1) is 5.92 Å². The van der Waals surface area contributed by atoms with Gasteiger partial charge in [0, 0.05) is 19.3 Å². The van der Waals surface area contributed by atoms with E-state index in [1.807, 2.05) is 13.0 Å². The van der Waals surface area contributed by atoms with Gasteiger partial charge in [0.15, 0.2) is 0 Å². The number of nitrogens with one attached hydrogen (secondary N) is 1. The van der Waals surface area contributed by atoms with Crippen LogP contribution in [0.15, 0.2) is 40.1 Å². The third-order valence-electron chi connectivity index (χ3n) is 4.01. The number of aromatic nitrogens is 1. The maximum Gasteiger partial charge on any atom is 0.252 e. The fraction of sp³-hybridized carbons (Fsp3) is 0.375. The summed E-state index contributed by atoms with van der Waals surface area (Å²) in [6.45, 7) is 2.58. The Morgan fingerprint density at radius 3 is 2.88 bits per heavy atom. The molecule has 1 saturated heterocycles. The van der Waals surface area contributed by atoms with Crippen molar-refractivity contribution in [2.75, 3.05) is 18.4 Å². The monoisotopic (exact) mass is 365 g/mol. The molecule has 2 aromatic rings. The number of hydrogen-bond acceptors (Lipinski definition) is 5. The van der Waals surface area contributed by atoms with Crippen LogP contribution in [0, 0.1) is 12.8 Å². The number of amides is 1. The number of sulfonamides is 1. The zero-order valence-corrected chi connectivity index (χ0v) is 14.9. The van der Waals surface area contributed by atoms with Crippen LogP contribution in [0.4, 0.5) is 5.82 Å². The molecular formula is C16H19N3O3S2. The lowest BCUT2D eigenvalue weighted by Crippen LogP contribution is -2.43. The highest BCUT2D eigenvalue weighted by Crippen LogP contribution is 2.26. The number of hydrogen-bond donors (Lipinski definition) is 1. The molecule has 1 unspecified atom stereocenters. The molecule has 3 heterocycles. The molecule has 0 radical (unpaired) electrons. The molecular weight excluding hydrogens is 346 g/mol. The third kappa shape index (κ3) is 3.66. The Bertz CT molecular complexity index is 802. The zero-order chi connectivity index (χ0) is 17.2. The van der Waals surface area contributed by atoms with Gasteiger partial charge in [-0.05, 0) is 42.8 Å². The molecule has 24 heavy (non-hydrogen) atoms. The van der Waals surface area contributed by atoms with E-state index in [4.69, 9.17) is 0 Å². The van der Waals surface area contributed by atoms with E-state index in [0.29, 0.717) is 29.4 Å². The summed E-state index contributed by atoms with van der Waals surface area (Å²) >= 11 is 1.20. The summed E-state index contributed by atoms with van der Waals surface area (Å²) in [7, 11) is -3.51. The van der Waals surface area contributed by atoms with Crippen molar-refractivity contribution in [1.29, 1.82) is 0 Å². The van der Waals surface area contributed by atoms with Crippen molar-refractivity contribution in [2.24, 2.45) is 5.92 Å². The van der Waals surface area contributed by atoms with E-state index in [1.54, 1.807) is 29.8 Å². The van der Waals surface area contributed by atoms with E-state index in [0.717, 1.165) is 5.56 Å². The van der Waals surface area contributed by atoms with E-state index in [1.165, 1.54) is 15.6 Å². The number of piperidine rings is 1. The third-order valence-corrected chi connectivity index (χ3v) is 7.24. The Hall–Kier alpha value is -1.77. The van der Waals surface area contributed by atoms with E-state index < -0.39 is 10.0 Å². The minimum absolute atomic E-state index is 0.183. The summed E-state index contributed by atoms with van der Waals surface area (Å²) in [6.07, 6.45) is 3.03. The normalized spacial score (nSPS) is 19.1. The summed E-state index contributed by atoms with van der Waals surface area (Å²) in [5.41, 5.74) is 1.01. The van der Waals surface area contributed by atoms with Gasteiger partial charge in [-0.15, -0.1) is 11.3 Å². The van der Waals surface area contributed by atoms with Crippen LogP contribution in [0.25, 0.3) is 0 Å². The standard InChI is InChI=1S/C16H19N3O3S2/c1-12-6-7-14(17-10-12)18-16(20)13-4-2-8-19(11-13)24(21,22)15-5-3-9-23-15/h3,5-7,9-10,13H,2,4,8,11H2,1H3,(H,17,18,20). The van der Waals surface area contributed by atoms with Crippen LogP contribution in [0.5, 0.6) is 0 Å². The van der Waals surface area contributed by atoms with Crippen molar-refractivity contribution in [3.8, 4) is 0 Å². The number of pyridine rings is 1. The summed E-state index contributed by atoms with van der Waals surface area (Å²) in [6, 6.07) is 6.93. The summed E-state index contributed by atoms with van der Waals surface area (Å²) in [5.74, 6) is -0.0575. The Morgan fingerprint density at radius 1 is 1.38 bits per heavy atom. The summed E-state index contributed by atoms with van der Waals surface area (Å²) in [4.78, 5) is 16.6. The lowest BCUT2D eigenvalue weighted by atomic mass is 9.99. The van der Waals surface area contributed by atoms with Crippen LogP contribution in [-0.2, 0) is 14.8 Å². The molecule has 1 aliphatic rings. The fourth-order valence-corrected chi connectivity index (χ4v) is 5.35. The highest BCUT2D eigenvalue weighted by atomic mass is 32.2. The molecule has 1 amide bonds. The molecule has 0 spiro atoms. The van der Waals surface area contributed by atoms with E-state index in [9.17, 15) is 13.2 Å². The van der Waals surface area contributed by atoms with Crippen molar-refractivity contribution >= 4 is 33.1 Å². The zero-order valence-electron chi connectivity index (χ0n) is 13.3. The molecule has 1 N–H and O–H groups in total. The molecule has 0 aliphatic carbocycles.